The molecule has 2 nitrogen and oxygen atoms in total. The van der Waals surface area contributed by atoms with Gasteiger partial charge in [-0.25, -0.2) is 0 Å². The molecule has 0 aromatic rings. The van der Waals surface area contributed by atoms with E-state index in [0.717, 1.165) is 30.5 Å². The van der Waals surface area contributed by atoms with Gasteiger partial charge in [0.05, 0.1) is 0 Å². The molecule has 0 heterocycles. The van der Waals surface area contributed by atoms with Crippen molar-refractivity contribution in [2.75, 3.05) is 6.54 Å². The summed E-state index contributed by atoms with van der Waals surface area (Å²) in [6, 6.07) is 1.51. The van der Waals surface area contributed by atoms with Gasteiger partial charge in [0.1, 0.15) is 0 Å². The number of nitrogens with two attached hydrogens (primary N) is 1. The molecule has 0 amide bonds. The monoisotopic (exact) mass is 224 g/mol. The standard InChI is InChI=1S/C14H28N2/c1-2-11-6-3-4-8-13(11)16-14-9-5-7-12(14)10-15/h11-14,16H,2-10,15H2,1H3. The summed E-state index contributed by atoms with van der Waals surface area (Å²) in [5, 5.41) is 3.94. The topological polar surface area (TPSA) is 38.0 Å². The second-order valence-electron chi connectivity index (χ2n) is 5.76. The van der Waals surface area contributed by atoms with Gasteiger partial charge in [0.15, 0.2) is 0 Å². The fourth-order valence-electron chi connectivity index (χ4n) is 3.73. The lowest BCUT2D eigenvalue weighted by molar-refractivity contribution is 0.222. The highest BCUT2D eigenvalue weighted by atomic mass is 15.0. The first-order valence-electron chi connectivity index (χ1n) is 7.31. The molecule has 2 aliphatic rings. The van der Waals surface area contributed by atoms with Crippen LogP contribution in [0.3, 0.4) is 0 Å². The molecule has 16 heavy (non-hydrogen) atoms. The van der Waals surface area contributed by atoms with Gasteiger partial charge in [0, 0.05) is 12.1 Å². The second kappa shape index (κ2) is 6.02. The minimum Gasteiger partial charge on any atom is -0.330 e. The SMILES string of the molecule is CCC1CCCCC1NC1CCCC1CN. The van der Waals surface area contributed by atoms with E-state index in [-0.39, 0.29) is 0 Å². The Morgan fingerprint density at radius 3 is 2.31 bits per heavy atom. The fourth-order valence-corrected chi connectivity index (χ4v) is 3.73. The molecule has 0 bridgehead atoms. The van der Waals surface area contributed by atoms with Crippen LogP contribution in [0.15, 0.2) is 0 Å². The van der Waals surface area contributed by atoms with E-state index in [1.54, 1.807) is 0 Å². The van der Waals surface area contributed by atoms with Gasteiger partial charge in [-0.05, 0) is 44.1 Å². The molecule has 94 valence electrons. The van der Waals surface area contributed by atoms with Gasteiger partial charge in [0.2, 0.25) is 0 Å². The van der Waals surface area contributed by atoms with Crippen LogP contribution in [0.2, 0.25) is 0 Å². The highest BCUT2D eigenvalue weighted by molar-refractivity contribution is 4.89. The summed E-state index contributed by atoms with van der Waals surface area (Å²) in [5.41, 5.74) is 5.86. The number of hydrogen-bond donors (Lipinski definition) is 2. The Hall–Kier alpha value is -0.0800. The zero-order chi connectivity index (χ0) is 11.4. The van der Waals surface area contributed by atoms with E-state index in [4.69, 9.17) is 5.73 Å². The maximum atomic E-state index is 5.86. The smallest absolute Gasteiger partial charge is 0.0110 e. The average Bonchev–Trinajstić information content (AvgIpc) is 2.77. The molecular formula is C14H28N2. The largest absolute Gasteiger partial charge is 0.330 e. The van der Waals surface area contributed by atoms with Gasteiger partial charge >= 0.3 is 0 Å². The maximum Gasteiger partial charge on any atom is 0.0110 e. The predicted octanol–water partition coefficient (Wildman–Crippen LogP) is 2.67. The van der Waals surface area contributed by atoms with E-state index in [1.165, 1.54) is 51.4 Å². The molecule has 0 saturated heterocycles. The molecule has 0 spiro atoms. The molecule has 2 aliphatic carbocycles. The molecule has 0 aromatic carbocycles. The minimum absolute atomic E-state index is 0.724. The van der Waals surface area contributed by atoms with Crippen molar-refractivity contribution in [2.24, 2.45) is 17.6 Å². The van der Waals surface area contributed by atoms with Crippen LogP contribution in [-0.4, -0.2) is 18.6 Å². The van der Waals surface area contributed by atoms with E-state index in [0.29, 0.717) is 0 Å². The molecule has 2 fully saturated rings. The van der Waals surface area contributed by atoms with Crippen molar-refractivity contribution in [3.63, 3.8) is 0 Å². The summed E-state index contributed by atoms with van der Waals surface area (Å²) in [7, 11) is 0. The van der Waals surface area contributed by atoms with Gasteiger partial charge < -0.3 is 11.1 Å². The van der Waals surface area contributed by atoms with E-state index < -0.39 is 0 Å². The summed E-state index contributed by atoms with van der Waals surface area (Å²) >= 11 is 0. The van der Waals surface area contributed by atoms with Crippen molar-refractivity contribution in [3.8, 4) is 0 Å². The van der Waals surface area contributed by atoms with Crippen LogP contribution in [0.5, 0.6) is 0 Å². The molecule has 2 heteroatoms. The van der Waals surface area contributed by atoms with E-state index in [2.05, 4.69) is 12.2 Å². The number of rotatable bonds is 4. The highest BCUT2D eigenvalue weighted by Crippen LogP contribution is 2.31. The van der Waals surface area contributed by atoms with Crippen molar-refractivity contribution in [2.45, 2.75) is 70.4 Å². The predicted molar refractivity (Wildman–Crippen MR) is 69.4 cm³/mol. The quantitative estimate of drug-likeness (QED) is 0.770. The maximum absolute atomic E-state index is 5.86. The minimum atomic E-state index is 0.724. The van der Waals surface area contributed by atoms with Crippen molar-refractivity contribution < 1.29 is 0 Å². The molecule has 0 aliphatic heterocycles. The molecule has 4 unspecified atom stereocenters. The van der Waals surface area contributed by atoms with Crippen molar-refractivity contribution in [3.05, 3.63) is 0 Å². The van der Waals surface area contributed by atoms with Gasteiger partial charge in [0.25, 0.3) is 0 Å². The Bertz CT molecular complexity index is 205. The van der Waals surface area contributed by atoms with E-state index in [1.807, 2.05) is 0 Å². The van der Waals surface area contributed by atoms with E-state index in [9.17, 15) is 0 Å². The zero-order valence-electron chi connectivity index (χ0n) is 10.8. The Balaban J connectivity index is 1.86. The summed E-state index contributed by atoms with van der Waals surface area (Å²) in [4.78, 5) is 0. The second-order valence-corrected chi connectivity index (χ2v) is 5.76. The Morgan fingerprint density at radius 2 is 1.56 bits per heavy atom. The third-order valence-electron chi connectivity index (χ3n) is 4.82. The van der Waals surface area contributed by atoms with E-state index >= 15 is 0 Å². The first-order chi connectivity index (χ1) is 7.85. The zero-order valence-corrected chi connectivity index (χ0v) is 10.8. The number of nitrogens with one attached hydrogen (secondary N) is 1. The molecule has 0 radical (unpaired) electrons. The van der Waals surface area contributed by atoms with Crippen LogP contribution in [0.1, 0.15) is 58.3 Å². The van der Waals surface area contributed by atoms with Crippen molar-refractivity contribution in [1.29, 1.82) is 0 Å². The lowest BCUT2D eigenvalue weighted by Gasteiger charge is -2.35. The Kier molecular flexibility index (Phi) is 4.66. The fraction of sp³-hybridized carbons (Fsp3) is 1.00. The van der Waals surface area contributed by atoms with Crippen molar-refractivity contribution >= 4 is 0 Å². The lowest BCUT2D eigenvalue weighted by Crippen LogP contribution is -2.46. The Morgan fingerprint density at radius 1 is 0.938 bits per heavy atom. The van der Waals surface area contributed by atoms with Crippen LogP contribution < -0.4 is 11.1 Å². The summed E-state index contributed by atoms with van der Waals surface area (Å²) in [5.74, 6) is 1.67. The average molecular weight is 224 g/mol. The van der Waals surface area contributed by atoms with Gasteiger partial charge in [-0.2, -0.15) is 0 Å². The Labute approximate surface area is 100 Å². The molecule has 0 aromatic heterocycles. The summed E-state index contributed by atoms with van der Waals surface area (Å²) < 4.78 is 0. The highest BCUT2D eigenvalue weighted by Gasteiger charge is 2.31. The van der Waals surface area contributed by atoms with Crippen LogP contribution in [0.4, 0.5) is 0 Å². The summed E-state index contributed by atoms with van der Waals surface area (Å²) in [6.07, 6.45) is 11.1. The van der Waals surface area contributed by atoms with Gasteiger partial charge in [-0.3, -0.25) is 0 Å². The third-order valence-corrected chi connectivity index (χ3v) is 4.82. The van der Waals surface area contributed by atoms with Crippen molar-refractivity contribution in [1.82, 2.24) is 5.32 Å². The molecule has 2 saturated carbocycles. The van der Waals surface area contributed by atoms with Crippen LogP contribution in [0.25, 0.3) is 0 Å². The number of hydrogen-bond acceptors (Lipinski definition) is 2. The van der Waals surface area contributed by atoms with Gasteiger partial charge in [-0.1, -0.05) is 32.6 Å². The molecule has 4 atom stereocenters. The molecule has 2 rings (SSSR count). The molecule has 3 N–H and O–H groups in total. The van der Waals surface area contributed by atoms with Crippen LogP contribution >= 0.6 is 0 Å². The lowest BCUT2D eigenvalue weighted by atomic mass is 9.82. The van der Waals surface area contributed by atoms with Crippen LogP contribution in [-0.2, 0) is 0 Å². The first-order valence-corrected chi connectivity index (χ1v) is 7.31. The normalized spacial score (nSPS) is 40.1. The first kappa shape index (κ1) is 12.4. The molecular weight excluding hydrogens is 196 g/mol. The summed E-state index contributed by atoms with van der Waals surface area (Å²) in [6.45, 7) is 3.22. The van der Waals surface area contributed by atoms with Crippen LogP contribution in [0, 0.1) is 11.8 Å². The third kappa shape index (κ3) is 2.78. The van der Waals surface area contributed by atoms with Gasteiger partial charge in [-0.15, -0.1) is 0 Å².